The first-order valence-electron chi connectivity index (χ1n) is 8.31. The van der Waals surface area contributed by atoms with Gasteiger partial charge in [-0.2, -0.15) is 4.31 Å². The van der Waals surface area contributed by atoms with Crippen molar-refractivity contribution in [2.24, 2.45) is 5.92 Å². The molecule has 140 valence electrons. The highest BCUT2D eigenvalue weighted by atomic mass is 35.5. The van der Waals surface area contributed by atoms with E-state index in [1.165, 1.54) is 10.6 Å². The number of carbonyl (C=O) groups is 1. The van der Waals surface area contributed by atoms with E-state index in [1.807, 2.05) is 0 Å². The average Bonchev–Trinajstić information content (AvgIpc) is 3.11. The first kappa shape index (κ1) is 17.7. The fourth-order valence-corrected chi connectivity index (χ4v) is 4.60. The van der Waals surface area contributed by atoms with Crippen molar-refractivity contribution >= 4 is 33.2 Å². The van der Waals surface area contributed by atoms with Gasteiger partial charge in [0.1, 0.15) is 11.3 Å². The van der Waals surface area contributed by atoms with Gasteiger partial charge in [-0.05, 0) is 12.1 Å². The molecule has 2 aromatic heterocycles. The van der Waals surface area contributed by atoms with E-state index >= 15 is 0 Å². The lowest BCUT2D eigenvalue weighted by Crippen LogP contribution is -2.37. The monoisotopic (exact) mass is 398 g/mol. The summed E-state index contributed by atoms with van der Waals surface area (Å²) >= 11 is 5.97. The Morgan fingerprint density at radius 1 is 1.27 bits per heavy atom. The Morgan fingerprint density at radius 3 is 2.85 bits per heavy atom. The predicted octanol–water partition coefficient (Wildman–Crippen LogP) is 0.720. The van der Waals surface area contributed by atoms with Gasteiger partial charge in [0.05, 0.1) is 24.0 Å². The molecule has 4 rings (SSSR count). The van der Waals surface area contributed by atoms with Crippen molar-refractivity contribution in [3.05, 3.63) is 35.2 Å². The molecule has 2 aliphatic heterocycles. The number of nitrogens with zero attached hydrogens (tertiary/aromatic N) is 4. The first-order chi connectivity index (χ1) is 12.3. The van der Waals surface area contributed by atoms with E-state index in [9.17, 15) is 13.2 Å². The molecule has 2 fully saturated rings. The molecule has 2 aromatic rings. The van der Waals surface area contributed by atoms with Crippen LogP contribution in [-0.2, 0) is 14.8 Å². The highest BCUT2D eigenvalue weighted by molar-refractivity contribution is 7.88. The van der Waals surface area contributed by atoms with E-state index in [-0.39, 0.29) is 17.9 Å². The van der Waals surface area contributed by atoms with Crippen LogP contribution in [0.15, 0.2) is 24.5 Å². The van der Waals surface area contributed by atoms with Crippen molar-refractivity contribution in [1.82, 2.24) is 18.6 Å². The molecule has 0 N–H and O–H groups in total. The minimum atomic E-state index is -3.28. The Labute approximate surface area is 156 Å². The van der Waals surface area contributed by atoms with Gasteiger partial charge in [-0.25, -0.2) is 13.4 Å². The number of rotatable bonds is 2. The molecule has 2 atom stereocenters. The van der Waals surface area contributed by atoms with Crippen molar-refractivity contribution in [3.63, 3.8) is 0 Å². The van der Waals surface area contributed by atoms with Gasteiger partial charge in [0.25, 0.3) is 5.91 Å². The van der Waals surface area contributed by atoms with Crippen molar-refractivity contribution in [2.45, 2.75) is 6.10 Å². The van der Waals surface area contributed by atoms with Crippen molar-refractivity contribution in [2.75, 3.05) is 39.0 Å². The zero-order valence-electron chi connectivity index (χ0n) is 14.2. The largest absolute Gasteiger partial charge is 0.375 e. The number of hydrogen-bond acceptors (Lipinski definition) is 5. The van der Waals surface area contributed by atoms with Crippen LogP contribution >= 0.6 is 11.6 Å². The van der Waals surface area contributed by atoms with Gasteiger partial charge in [-0.3, -0.25) is 4.79 Å². The fraction of sp³-hybridized carbons (Fsp3) is 0.500. The highest BCUT2D eigenvalue weighted by Gasteiger charge is 2.40. The van der Waals surface area contributed by atoms with Gasteiger partial charge < -0.3 is 14.0 Å². The summed E-state index contributed by atoms with van der Waals surface area (Å²) in [6, 6.07) is 3.47. The molecule has 8 nitrogen and oxygen atoms in total. The summed E-state index contributed by atoms with van der Waals surface area (Å²) in [5.74, 6) is -0.227. The lowest BCUT2D eigenvalue weighted by molar-refractivity contribution is 0.0490. The molecule has 2 saturated heterocycles. The maximum absolute atomic E-state index is 12.8. The summed E-state index contributed by atoms with van der Waals surface area (Å²) in [5, 5.41) is 0.562. The van der Waals surface area contributed by atoms with E-state index in [0.29, 0.717) is 49.1 Å². The van der Waals surface area contributed by atoms with Gasteiger partial charge in [0.2, 0.25) is 10.0 Å². The third kappa shape index (κ3) is 3.32. The Kier molecular flexibility index (Phi) is 4.42. The topological polar surface area (TPSA) is 84.2 Å². The maximum Gasteiger partial charge on any atom is 0.274 e. The molecule has 10 heteroatoms. The molecule has 1 amide bonds. The van der Waals surface area contributed by atoms with Crippen molar-refractivity contribution < 1.29 is 17.9 Å². The van der Waals surface area contributed by atoms with Crippen LogP contribution in [0.4, 0.5) is 0 Å². The van der Waals surface area contributed by atoms with Crippen LogP contribution in [-0.4, -0.2) is 78.1 Å². The molecule has 0 bridgehead atoms. The highest BCUT2D eigenvalue weighted by Crippen LogP contribution is 2.26. The Hall–Kier alpha value is -1.68. The summed E-state index contributed by atoms with van der Waals surface area (Å²) in [4.78, 5) is 18.9. The van der Waals surface area contributed by atoms with Crippen molar-refractivity contribution in [3.8, 4) is 0 Å². The Bertz CT molecular complexity index is 960. The predicted molar refractivity (Wildman–Crippen MR) is 95.8 cm³/mol. The lowest BCUT2D eigenvalue weighted by atomic mass is 10.1. The molecule has 0 saturated carbocycles. The number of aromatic nitrogens is 2. The molecule has 2 aliphatic rings. The third-order valence-electron chi connectivity index (χ3n) is 4.88. The number of imidazole rings is 1. The third-order valence-corrected chi connectivity index (χ3v) is 6.38. The molecular weight excluding hydrogens is 380 g/mol. The zero-order chi connectivity index (χ0) is 18.5. The number of fused-ring (bicyclic) bond motifs is 2. The van der Waals surface area contributed by atoms with E-state index in [1.54, 1.807) is 33.8 Å². The van der Waals surface area contributed by atoms with Crippen LogP contribution in [0.2, 0.25) is 5.02 Å². The molecule has 0 unspecified atom stereocenters. The maximum atomic E-state index is 12.8. The van der Waals surface area contributed by atoms with Gasteiger partial charge in [-0.15, -0.1) is 0 Å². The summed E-state index contributed by atoms with van der Waals surface area (Å²) in [6.45, 7) is 1.95. The summed E-state index contributed by atoms with van der Waals surface area (Å²) in [7, 11) is -3.28. The summed E-state index contributed by atoms with van der Waals surface area (Å²) in [5.41, 5.74) is 0.981. The van der Waals surface area contributed by atoms with Crippen LogP contribution in [0.3, 0.4) is 0 Å². The lowest BCUT2D eigenvalue weighted by Gasteiger charge is -2.21. The van der Waals surface area contributed by atoms with E-state index < -0.39 is 10.0 Å². The first-order valence-corrected chi connectivity index (χ1v) is 10.5. The van der Waals surface area contributed by atoms with Gasteiger partial charge in [0, 0.05) is 44.5 Å². The van der Waals surface area contributed by atoms with Crippen LogP contribution in [0.5, 0.6) is 0 Å². The van der Waals surface area contributed by atoms with Gasteiger partial charge in [0.15, 0.2) is 0 Å². The minimum absolute atomic E-state index is 0.0392. The van der Waals surface area contributed by atoms with Crippen LogP contribution in [0, 0.1) is 5.92 Å². The summed E-state index contributed by atoms with van der Waals surface area (Å²) < 4.78 is 32.7. The Balaban J connectivity index is 1.53. The van der Waals surface area contributed by atoms with Crippen LogP contribution in [0.1, 0.15) is 10.5 Å². The van der Waals surface area contributed by atoms with Gasteiger partial charge in [-0.1, -0.05) is 11.6 Å². The SMILES string of the molecule is CS(=O)(=O)N1CCO[C@@H]2CN(C(=O)c3cn4cc(Cl)ccc4n3)C[C@@H]2C1. The molecule has 4 heterocycles. The van der Waals surface area contributed by atoms with Crippen LogP contribution in [0.25, 0.3) is 5.65 Å². The number of halogens is 1. The molecule has 0 aliphatic carbocycles. The second-order valence-corrected chi connectivity index (χ2v) is 9.16. The number of ether oxygens (including phenoxy) is 1. The fourth-order valence-electron chi connectivity index (χ4n) is 3.56. The molecule has 26 heavy (non-hydrogen) atoms. The number of sulfonamides is 1. The number of amides is 1. The molecular formula is C16H19ClN4O4S. The van der Waals surface area contributed by atoms with E-state index in [4.69, 9.17) is 16.3 Å². The molecule has 0 aromatic carbocycles. The zero-order valence-corrected chi connectivity index (χ0v) is 15.8. The standard InChI is InChI=1S/C16H19ClN4O4S/c1-26(23,24)21-4-5-25-14-10-20(6-11(14)7-21)16(22)13-9-19-8-12(17)2-3-15(19)18-13/h2-3,8-9,11,14H,4-7,10H2,1H3/t11-,14-/m1/s1. The van der Waals surface area contributed by atoms with Gasteiger partial charge >= 0.3 is 0 Å². The van der Waals surface area contributed by atoms with E-state index in [0.717, 1.165) is 0 Å². The number of hydrogen-bond donors (Lipinski definition) is 0. The smallest absolute Gasteiger partial charge is 0.274 e. The normalized spacial score (nSPS) is 24.6. The molecule has 0 radical (unpaired) electrons. The molecule has 0 spiro atoms. The average molecular weight is 399 g/mol. The Morgan fingerprint density at radius 2 is 2.08 bits per heavy atom. The second-order valence-electron chi connectivity index (χ2n) is 6.74. The van der Waals surface area contributed by atoms with E-state index in [2.05, 4.69) is 4.98 Å². The number of likely N-dealkylation sites (tertiary alicyclic amines) is 1. The number of pyridine rings is 1. The number of carbonyl (C=O) groups excluding carboxylic acids is 1. The van der Waals surface area contributed by atoms with Crippen molar-refractivity contribution in [1.29, 1.82) is 0 Å². The van der Waals surface area contributed by atoms with Crippen LogP contribution < -0.4 is 0 Å². The summed E-state index contributed by atoms with van der Waals surface area (Å²) in [6.07, 6.45) is 4.40. The quantitative estimate of drug-likeness (QED) is 0.744. The minimum Gasteiger partial charge on any atom is -0.375 e. The second kappa shape index (κ2) is 6.49.